The van der Waals surface area contributed by atoms with E-state index in [1.165, 1.54) is 45.3 Å². The molecule has 116 valence electrons. The van der Waals surface area contributed by atoms with Crippen LogP contribution in [0, 0.1) is 5.92 Å². The summed E-state index contributed by atoms with van der Waals surface area (Å²) in [5.74, 6) is 1.61. The predicted molar refractivity (Wildman–Crippen MR) is 84.5 cm³/mol. The molecule has 0 amide bonds. The van der Waals surface area contributed by atoms with Gasteiger partial charge < -0.3 is 14.4 Å². The Labute approximate surface area is 124 Å². The van der Waals surface area contributed by atoms with Gasteiger partial charge in [-0.05, 0) is 71.2 Å². The Morgan fingerprint density at radius 2 is 2.00 bits per heavy atom. The molecule has 1 saturated heterocycles. The third kappa shape index (κ3) is 8.26. The molecule has 1 aliphatic heterocycles. The van der Waals surface area contributed by atoms with Gasteiger partial charge in [0.05, 0.1) is 12.0 Å². The minimum Gasteiger partial charge on any atom is -0.498 e. The van der Waals surface area contributed by atoms with Crippen LogP contribution in [0.5, 0.6) is 0 Å². The molecule has 20 heavy (non-hydrogen) atoms. The van der Waals surface area contributed by atoms with Gasteiger partial charge in [-0.25, -0.2) is 0 Å². The number of hydrogen-bond acceptors (Lipinski definition) is 3. The van der Waals surface area contributed by atoms with E-state index < -0.39 is 0 Å². The average Bonchev–Trinajstić information content (AvgIpc) is 2.91. The van der Waals surface area contributed by atoms with Gasteiger partial charge in [-0.3, -0.25) is 0 Å². The second-order valence-electron chi connectivity index (χ2n) is 5.63. The van der Waals surface area contributed by atoms with Crippen LogP contribution in [-0.2, 0) is 9.47 Å². The summed E-state index contributed by atoms with van der Waals surface area (Å²) >= 11 is 0. The highest BCUT2D eigenvalue weighted by molar-refractivity contribution is 4.92. The first-order chi connectivity index (χ1) is 9.72. The van der Waals surface area contributed by atoms with E-state index >= 15 is 0 Å². The molecule has 0 saturated carbocycles. The van der Waals surface area contributed by atoms with Gasteiger partial charge in [-0.15, -0.1) is 0 Å². The zero-order valence-electron chi connectivity index (χ0n) is 13.4. The molecule has 1 aliphatic rings. The summed E-state index contributed by atoms with van der Waals surface area (Å²) in [5.41, 5.74) is 0. The van der Waals surface area contributed by atoms with E-state index in [2.05, 4.69) is 17.9 Å². The molecule has 0 aromatic carbocycles. The van der Waals surface area contributed by atoms with E-state index in [1.54, 1.807) is 6.26 Å². The van der Waals surface area contributed by atoms with E-state index in [0.717, 1.165) is 5.76 Å². The standard InChI is InChI=1S/C17H31NO2/c1-4-12-19-13-14-20-17(3)15-16(2)8-7-11-18-9-5-6-10-18/h4,12,15-16H,5-11,13-14H2,1-3H3/b12-4+,17-15+. The highest BCUT2D eigenvalue weighted by atomic mass is 16.5. The maximum Gasteiger partial charge on any atom is 0.122 e. The van der Waals surface area contributed by atoms with Crippen LogP contribution < -0.4 is 0 Å². The minimum atomic E-state index is 0.592. The molecule has 0 aromatic rings. The summed E-state index contributed by atoms with van der Waals surface area (Å²) in [5, 5.41) is 0. The lowest BCUT2D eigenvalue weighted by molar-refractivity contribution is 0.131. The van der Waals surface area contributed by atoms with Crippen molar-refractivity contribution in [3.05, 3.63) is 24.2 Å². The Morgan fingerprint density at radius 3 is 2.70 bits per heavy atom. The molecule has 3 nitrogen and oxygen atoms in total. The van der Waals surface area contributed by atoms with Gasteiger partial charge in [0.2, 0.25) is 0 Å². The minimum absolute atomic E-state index is 0.592. The lowest BCUT2D eigenvalue weighted by Crippen LogP contribution is -2.20. The summed E-state index contributed by atoms with van der Waals surface area (Å²) < 4.78 is 10.9. The van der Waals surface area contributed by atoms with Gasteiger partial charge in [0.15, 0.2) is 0 Å². The topological polar surface area (TPSA) is 21.7 Å². The first-order valence-electron chi connectivity index (χ1n) is 7.98. The largest absolute Gasteiger partial charge is 0.498 e. The van der Waals surface area contributed by atoms with Crippen molar-refractivity contribution in [2.75, 3.05) is 32.8 Å². The van der Waals surface area contributed by atoms with Gasteiger partial charge in [0.1, 0.15) is 13.2 Å². The quantitative estimate of drug-likeness (QED) is 0.447. The van der Waals surface area contributed by atoms with Crippen molar-refractivity contribution < 1.29 is 9.47 Å². The Balaban J connectivity index is 2.05. The Kier molecular flexibility index (Phi) is 9.22. The highest BCUT2D eigenvalue weighted by Gasteiger charge is 2.10. The molecule has 1 rings (SSSR count). The SMILES string of the molecule is C/C=C/OCCO/C(C)=C/C(C)CCCN1CCCC1. The van der Waals surface area contributed by atoms with Crippen LogP contribution in [0.4, 0.5) is 0 Å². The van der Waals surface area contributed by atoms with Crippen LogP contribution in [0.3, 0.4) is 0 Å². The van der Waals surface area contributed by atoms with Gasteiger partial charge in [0.25, 0.3) is 0 Å². The molecule has 1 atom stereocenters. The molecule has 1 fully saturated rings. The van der Waals surface area contributed by atoms with E-state index in [1.807, 2.05) is 19.9 Å². The number of likely N-dealkylation sites (tertiary alicyclic amines) is 1. The summed E-state index contributed by atoms with van der Waals surface area (Å²) in [6.07, 6.45) is 11.1. The van der Waals surface area contributed by atoms with Gasteiger partial charge in [0, 0.05) is 0 Å². The molecule has 3 heteroatoms. The lowest BCUT2D eigenvalue weighted by atomic mass is 10.0. The second kappa shape index (κ2) is 10.8. The molecular formula is C17H31NO2. The van der Waals surface area contributed by atoms with E-state index in [4.69, 9.17) is 9.47 Å². The lowest BCUT2D eigenvalue weighted by Gasteiger charge is -2.15. The van der Waals surface area contributed by atoms with Gasteiger partial charge in [-0.1, -0.05) is 13.0 Å². The Hall–Kier alpha value is -0.960. The normalized spacial score (nSPS) is 18.6. The first kappa shape index (κ1) is 17.1. The van der Waals surface area contributed by atoms with Crippen molar-refractivity contribution in [1.82, 2.24) is 4.90 Å². The summed E-state index contributed by atoms with van der Waals surface area (Å²) in [7, 11) is 0. The molecule has 1 unspecified atom stereocenters. The third-order valence-corrected chi connectivity index (χ3v) is 3.61. The van der Waals surface area contributed by atoms with Crippen molar-refractivity contribution in [2.45, 2.75) is 46.5 Å². The number of rotatable bonds is 10. The number of ether oxygens (including phenoxy) is 2. The Morgan fingerprint density at radius 1 is 1.25 bits per heavy atom. The maximum absolute atomic E-state index is 5.63. The number of nitrogens with zero attached hydrogens (tertiary/aromatic N) is 1. The zero-order chi connectivity index (χ0) is 14.6. The van der Waals surface area contributed by atoms with Crippen LogP contribution in [0.15, 0.2) is 24.2 Å². The fourth-order valence-electron chi connectivity index (χ4n) is 2.59. The molecule has 0 aromatic heterocycles. The van der Waals surface area contributed by atoms with Crippen LogP contribution in [0.2, 0.25) is 0 Å². The summed E-state index contributed by atoms with van der Waals surface area (Å²) in [4.78, 5) is 2.58. The fourth-order valence-corrected chi connectivity index (χ4v) is 2.59. The monoisotopic (exact) mass is 281 g/mol. The highest BCUT2D eigenvalue weighted by Crippen LogP contribution is 2.13. The van der Waals surface area contributed by atoms with E-state index in [9.17, 15) is 0 Å². The second-order valence-corrected chi connectivity index (χ2v) is 5.63. The average molecular weight is 281 g/mol. The van der Waals surface area contributed by atoms with Crippen molar-refractivity contribution in [2.24, 2.45) is 5.92 Å². The number of hydrogen-bond donors (Lipinski definition) is 0. The van der Waals surface area contributed by atoms with Crippen LogP contribution >= 0.6 is 0 Å². The van der Waals surface area contributed by atoms with Crippen molar-refractivity contribution >= 4 is 0 Å². The first-order valence-corrected chi connectivity index (χ1v) is 7.98. The third-order valence-electron chi connectivity index (χ3n) is 3.61. The predicted octanol–water partition coefficient (Wildman–Crippen LogP) is 3.97. The summed E-state index contributed by atoms with van der Waals surface area (Å²) in [6, 6.07) is 0. The van der Waals surface area contributed by atoms with Crippen molar-refractivity contribution in [1.29, 1.82) is 0 Å². The van der Waals surface area contributed by atoms with Crippen LogP contribution in [-0.4, -0.2) is 37.7 Å². The van der Waals surface area contributed by atoms with Crippen LogP contribution in [0.25, 0.3) is 0 Å². The molecule has 0 bridgehead atoms. The van der Waals surface area contributed by atoms with Gasteiger partial charge >= 0.3 is 0 Å². The molecule has 1 heterocycles. The molecular weight excluding hydrogens is 250 g/mol. The molecule has 0 spiro atoms. The van der Waals surface area contributed by atoms with Gasteiger partial charge in [-0.2, -0.15) is 0 Å². The molecule has 0 radical (unpaired) electrons. The zero-order valence-corrected chi connectivity index (χ0v) is 13.4. The smallest absolute Gasteiger partial charge is 0.122 e. The maximum atomic E-state index is 5.63. The fraction of sp³-hybridized carbons (Fsp3) is 0.765. The molecule has 0 aliphatic carbocycles. The van der Waals surface area contributed by atoms with Crippen molar-refractivity contribution in [3.63, 3.8) is 0 Å². The molecule has 0 N–H and O–H groups in total. The Bertz CT molecular complexity index is 293. The van der Waals surface area contributed by atoms with Crippen molar-refractivity contribution in [3.8, 4) is 0 Å². The summed E-state index contributed by atoms with van der Waals surface area (Å²) in [6.45, 7) is 11.3. The number of allylic oxidation sites excluding steroid dienone is 3. The van der Waals surface area contributed by atoms with Crippen LogP contribution in [0.1, 0.15) is 46.5 Å². The van der Waals surface area contributed by atoms with E-state index in [-0.39, 0.29) is 0 Å². The van der Waals surface area contributed by atoms with E-state index in [0.29, 0.717) is 19.1 Å².